The second-order valence-corrected chi connectivity index (χ2v) is 7.54. The molecule has 94 valence electrons. The van der Waals surface area contributed by atoms with Gasteiger partial charge in [-0.3, -0.25) is 14.0 Å². The molecule has 16 heavy (non-hydrogen) atoms. The minimum absolute atomic E-state index is 0.0837. The summed E-state index contributed by atoms with van der Waals surface area (Å²) in [6.45, 7) is 3.50. The molecule has 1 saturated heterocycles. The summed E-state index contributed by atoms with van der Waals surface area (Å²) in [5.74, 6) is 0. The topological polar surface area (TPSA) is 9.72 Å². The van der Waals surface area contributed by atoms with Gasteiger partial charge in [-0.2, -0.15) is 0 Å². The Hall–Kier alpha value is 0.0969. The Morgan fingerprint density at radius 1 is 1.25 bits per heavy atom. The van der Waals surface area contributed by atoms with E-state index in [1.807, 2.05) is 0 Å². The monoisotopic (exact) mass is 241 g/mol. The van der Waals surface area contributed by atoms with Gasteiger partial charge in [-0.05, 0) is 33.4 Å². The zero-order chi connectivity index (χ0) is 11.5. The third-order valence-corrected chi connectivity index (χ3v) is 6.03. The molecule has 0 aromatic rings. The maximum atomic E-state index is 2.84. The van der Waals surface area contributed by atoms with Crippen LogP contribution in [0, 0.1) is 0 Å². The fourth-order valence-electron chi connectivity index (χ4n) is 3.34. The van der Waals surface area contributed by atoms with Gasteiger partial charge in [-0.25, -0.2) is 0 Å². The van der Waals surface area contributed by atoms with E-state index in [9.17, 15) is 0 Å². The quantitative estimate of drug-likeness (QED) is 0.685. The van der Waals surface area contributed by atoms with E-state index in [1.54, 1.807) is 0 Å². The van der Waals surface area contributed by atoms with Gasteiger partial charge in [-0.1, -0.05) is 26.2 Å². The van der Waals surface area contributed by atoms with E-state index in [0.29, 0.717) is 6.29 Å². The summed E-state index contributed by atoms with van der Waals surface area (Å²) in [7, 11) is 4.51. The molecule has 0 aromatic carbocycles. The van der Waals surface area contributed by atoms with Crippen molar-refractivity contribution in [3.63, 3.8) is 0 Å². The summed E-state index contributed by atoms with van der Waals surface area (Å²) >= 11 is 0. The number of hydrogen-bond donors (Lipinski definition) is 0. The lowest BCUT2D eigenvalue weighted by Gasteiger charge is -2.56. The predicted molar refractivity (Wildman–Crippen MR) is 71.7 cm³/mol. The van der Waals surface area contributed by atoms with E-state index >= 15 is 0 Å². The molecule has 1 atom stereocenters. The van der Waals surface area contributed by atoms with Gasteiger partial charge >= 0.3 is 0 Å². The molecule has 0 bridgehead atoms. The first-order valence-electron chi connectivity index (χ1n) is 6.90. The average Bonchev–Trinajstić information content (AvgIpc) is 2.27. The van der Waals surface area contributed by atoms with Gasteiger partial charge in [0.15, 0.2) is 9.84 Å². The summed E-state index contributed by atoms with van der Waals surface area (Å²) < 4.78 is 5.44. The van der Waals surface area contributed by atoms with Crippen LogP contribution in [0.4, 0.5) is 0 Å². The van der Waals surface area contributed by atoms with Crippen molar-refractivity contribution in [2.24, 2.45) is 0 Å². The Balaban J connectivity index is 1.89. The van der Waals surface area contributed by atoms with E-state index in [2.05, 4.69) is 35.0 Å². The number of rotatable bonds is 4. The summed E-state index contributed by atoms with van der Waals surface area (Å²) in [5.41, 5.74) is 0. The van der Waals surface area contributed by atoms with Crippen molar-refractivity contribution >= 4 is 9.84 Å². The zero-order valence-corrected chi connectivity index (χ0v) is 12.6. The van der Waals surface area contributed by atoms with E-state index in [4.69, 9.17) is 0 Å². The molecule has 0 radical (unpaired) electrons. The molecule has 4 heteroatoms. The first-order chi connectivity index (χ1) is 7.74. The Bertz CT molecular complexity index is 218. The lowest BCUT2D eigenvalue weighted by molar-refractivity contribution is -0.0446. The number of hydrogen-bond acceptors (Lipinski definition) is 3. The van der Waals surface area contributed by atoms with Crippen LogP contribution in [0.15, 0.2) is 0 Å². The Kier molecular flexibility index (Phi) is 4.41. The van der Waals surface area contributed by atoms with Gasteiger partial charge in [-0.15, -0.1) is 0 Å². The van der Waals surface area contributed by atoms with Crippen LogP contribution in [-0.2, 0) is 0 Å². The molecule has 0 aromatic heterocycles. The molecule has 1 saturated carbocycles. The lowest BCUT2D eigenvalue weighted by Crippen LogP contribution is -2.73. The minimum Gasteiger partial charge on any atom is -0.292 e. The van der Waals surface area contributed by atoms with Gasteiger partial charge < -0.3 is 0 Å². The second kappa shape index (κ2) is 5.62. The molecule has 0 spiro atoms. The zero-order valence-electron chi connectivity index (χ0n) is 11.2. The molecule has 0 amide bonds. The maximum Gasteiger partial charge on any atom is 0.177 e. The average molecular weight is 241 g/mol. The summed E-state index contributed by atoms with van der Waals surface area (Å²) in [6.07, 6.45) is 9.20. The second-order valence-electron chi connectivity index (χ2n) is 5.53. The van der Waals surface area contributed by atoms with Crippen LogP contribution < -0.4 is 0 Å². The minimum atomic E-state index is -0.0837. The van der Waals surface area contributed by atoms with Gasteiger partial charge in [0, 0.05) is 12.6 Å². The SMILES string of the molecule is CCCN(C)C1N(C)[SiH2]N1C1CCCCC1. The van der Waals surface area contributed by atoms with Gasteiger partial charge in [0.05, 0.1) is 0 Å². The first-order valence-corrected chi connectivity index (χ1v) is 8.16. The van der Waals surface area contributed by atoms with Crippen LogP contribution in [0.2, 0.25) is 0 Å². The molecular weight excluding hydrogens is 214 g/mol. The highest BCUT2D eigenvalue weighted by Crippen LogP contribution is 2.29. The molecule has 3 nitrogen and oxygen atoms in total. The van der Waals surface area contributed by atoms with Gasteiger partial charge in [0.2, 0.25) is 0 Å². The van der Waals surface area contributed by atoms with E-state index in [1.165, 1.54) is 45.1 Å². The van der Waals surface area contributed by atoms with E-state index in [0.717, 1.165) is 6.04 Å². The largest absolute Gasteiger partial charge is 0.292 e. The van der Waals surface area contributed by atoms with E-state index in [-0.39, 0.29) is 9.84 Å². The standard InChI is InChI=1S/C12H27N3Si/c1-4-10-13(2)12-14(3)16-15(12)11-8-6-5-7-9-11/h11-12H,4-10,16H2,1-3H3. The lowest BCUT2D eigenvalue weighted by atomic mass is 9.95. The highest BCUT2D eigenvalue weighted by molar-refractivity contribution is 6.32. The third-order valence-electron chi connectivity index (χ3n) is 4.09. The maximum absolute atomic E-state index is 2.84. The van der Waals surface area contributed by atoms with Crippen molar-refractivity contribution in [3.05, 3.63) is 0 Å². The normalized spacial score (nSPS) is 31.1. The molecule has 2 aliphatic rings. The van der Waals surface area contributed by atoms with Gasteiger partial charge in [0.1, 0.15) is 6.29 Å². The van der Waals surface area contributed by atoms with Crippen LogP contribution in [0.25, 0.3) is 0 Å². The molecule has 1 unspecified atom stereocenters. The highest BCUT2D eigenvalue weighted by Gasteiger charge is 2.40. The summed E-state index contributed by atoms with van der Waals surface area (Å²) in [4.78, 5) is 2.53. The van der Waals surface area contributed by atoms with E-state index < -0.39 is 0 Å². The Labute approximate surface area is 103 Å². The molecule has 1 aliphatic carbocycles. The number of nitrogens with zero attached hydrogens (tertiary/aromatic N) is 3. The molecular formula is C12H27N3Si. The van der Waals surface area contributed by atoms with Crippen molar-refractivity contribution in [1.29, 1.82) is 0 Å². The highest BCUT2D eigenvalue weighted by atomic mass is 28.2. The Morgan fingerprint density at radius 2 is 1.94 bits per heavy atom. The van der Waals surface area contributed by atoms with Crippen molar-refractivity contribution in [1.82, 2.24) is 14.0 Å². The fourth-order valence-corrected chi connectivity index (χ4v) is 5.48. The summed E-state index contributed by atoms with van der Waals surface area (Å²) in [6, 6.07) is 0.918. The van der Waals surface area contributed by atoms with Crippen molar-refractivity contribution in [2.45, 2.75) is 57.8 Å². The smallest absolute Gasteiger partial charge is 0.177 e. The van der Waals surface area contributed by atoms with Crippen LogP contribution in [-0.4, -0.2) is 56.8 Å². The van der Waals surface area contributed by atoms with Crippen molar-refractivity contribution in [3.8, 4) is 0 Å². The van der Waals surface area contributed by atoms with Crippen molar-refractivity contribution in [2.75, 3.05) is 20.6 Å². The van der Waals surface area contributed by atoms with Crippen LogP contribution >= 0.6 is 0 Å². The van der Waals surface area contributed by atoms with Gasteiger partial charge in [0.25, 0.3) is 0 Å². The van der Waals surface area contributed by atoms with Crippen LogP contribution in [0.5, 0.6) is 0 Å². The summed E-state index contributed by atoms with van der Waals surface area (Å²) in [5, 5.41) is 0. The molecule has 2 fully saturated rings. The Morgan fingerprint density at radius 3 is 2.50 bits per heavy atom. The van der Waals surface area contributed by atoms with Crippen molar-refractivity contribution < 1.29 is 0 Å². The molecule has 0 N–H and O–H groups in total. The van der Waals surface area contributed by atoms with Crippen LogP contribution in [0.3, 0.4) is 0 Å². The fraction of sp³-hybridized carbons (Fsp3) is 1.00. The molecule has 1 aliphatic heterocycles. The molecule has 1 heterocycles. The third kappa shape index (κ3) is 2.50. The predicted octanol–water partition coefficient (Wildman–Crippen LogP) is 1.19. The molecule has 2 rings (SSSR count). The first kappa shape index (κ1) is 12.6. The van der Waals surface area contributed by atoms with Crippen LogP contribution in [0.1, 0.15) is 45.4 Å².